The van der Waals surface area contributed by atoms with Gasteiger partial charge in [-0.3, -0.25) is 0 Å². The summed E-state index contributed by atoms with van der Waals surface area (Å²) < 4.78 is 1.35. The first kappa shape index (κ1) is 40.8. The van der Waals surface area contributed by atoms with Gasteiger partial charge in [0.1, 0.15) is 0 Å². The maximum absolute atomic E-state index is 2.82. The Bertz CT molecular complexity index is 2800. The smallest absolute Gasteiger partial charge is 0.254 e. The zero-order chi connectivity index (χ0) is 43.6. The van der Waals surface area contributed by atoms with Gasteiger partial charge in [0.05, 0.1) is 5.00 Å². The largest absolute Gasteiger partial charge is 0.311 e. The molecule has 0 saturated carbocycles. The fraction of sp³-hybridized carbons (Fsp3) is 0.439. The first-order chi connectivity index (χ1) is 28.4. The fourth-order valence-electron chi connectivity index (χ4n) is 11.7. The SMILES string of the molecule is Cc1cc2c(cc1N1c3cc(C(C)(C)C)cc4c3B(c3ccc5c(c31)C(C)(C)CCC5(C)C)c1c(sc3ccccc13)N4c1ccc(C(C)(C)C)cc1)C(C)(C)CCC2(C)C. The lowest BCUT2D eigenvalue weighted by atomic mass is 9.33. The number of thiophene rings is 1. The van der Waals surface area contributed by atoms with E-state index in [9.17, 15) is 0 Å². The summed E-state index contributed by atoms with van der Waals surface area (Å²) in [5.41, 5.74) is 21.5. The lowest BCUT2D eigenvalue weighted by Gasteiger charge is -2.50. The fourth-order valence-corrected chi connectivity index (χ4v) is 13.0. The highest BCUT2D eigenvalue weighted by molar-refractivity contribution is 7.26. The molecule has 0 unspecified atom stereocenters. The third-order valence-electron chi connectivity index (χ3n) is 15.8. The molecule has 0 N–H and O–H groups in total. The lowest BCUT2D eigenvalue weighted by molar-refractivity contribution is 0.331. The van der Waals surface area contributed by atoms with Crippen molar-refractivity contribution in [3.63, 3.8) is 0 Å². The van der Waals surface area contributed by atoms with Crippen molar-refractivity contribution >= 4 is 78.0 Å². The molecule has 2 aliphatic heterocycles. The maximum atomic E-state index is 2.82. The van der Waals surface area contributed by atoms with Crippen molar-refractivity contribution in [2.24, 2.45) is 0 Å². The van der Waals surface area contributed by atoms with E-state index >= 15 is 0 Å². The molecular formula is C57H67BN2S. The van der Waals surface area contributed by atoms with Gasteiger partial charge in [0.15, 0.2) is 0 Å². The highest BCUT2D eigenvalue weighted by Crippen LogP contribution is 2.56. The zero-order valence-corrected chi connectivity index (χ0v) is 40.6. The van der Waals surface area contributed by atoms with Crippen molar-refractivity contribution < 1.29 is 0 Å². The summed E-state index contributed by atoms with van der Waals surface area (Å²) in [6.45, 7) is 36.6. The van der Waals surface area contributed by atoms with Gasteiger partial charge in [-0.05, 0) is 162 Å². The Morgan fingerprint density at radius 2 is 1.10 bits per heavy atom. The van der Waals surface area contributed by atoms with Crippen molar-refractivity contribution in [2.45, 2.75) is 162 Å². The van der Waals surface area contributed by atoms with Crippen LogP contribution in [0.5, 0.6) is 0 Å². The van der Waals surface area contributed by atoms with Gasteiger partial charge >= 0.3 is 0 Å². The minimum Gasteiger partial charge on any atom is -0.311 e. The molecule has 4 heteroatoms. The second kappa shape index (κ2) is 12.9. The van der Waals surface area contributed by atoms with Crippen LogP contribution in [0.1, 0.15) is 162 Å². The molecule has 5 aromatic carbocycles. The molecule has 0 bridgehead atoms. The number of fused-ring (bicyclic) bond motifs is 9. The van der Waals surface area contributed by atoms with Crippen LogP contribution in [0.15, 0.2) is 84.9 Å². The molecule has 0 spiro atoms. The minimum absolute atomic E-state index is 0.00512. The normalized spacial score (nSPS) is 19.2. The second-order valence-corrected chi connectivity index (χ2v) is 25.1. The molecule has 1 aromatic heterocycles. The van der Waals surface area contributed by atoms with Gasteiger partial charge in [0.2, 0.25) is 0 Å². The summed E-state index contributed by atoms with van der Waals surface area (Å²) in [4.78, 5) is 5.46. The van der Waals surface area contributed by atoms with Crippen LogP contribution in [0.3, 0.4) is 0 Å². The maximum Gasteiger partial charge on any atom is 0.254 e. The number of anilines is 6. The number of hydrogen-bond acceptors (Lipinski definition) is 3. The Morgan fingerprint density at radius 3 is 1.72 bits per heavy atom. The molecule has 6 aromatic rings. The van der Waals surface area contributed by atoms with E-state index in [0.29, 0.717) is 0 Å². The van der Waals surface area contributed by atoms with Gasteiger partial charge in [-0.15, -0.1) is 11.3 Å². The van der Waals surface area contributed by atoms with Gasteiger partial charge in [-0.2, -0.15) is 0 Å². The quantitative estimate of drug-likeness (QED) is 0.160. The Morgan fingerprint density at radius 1 is 0.541 bits per heavy atom. The molecule has 0 amide bonds. The Hall–Kier alpha value is -4.28. The van der Waals surface area contributed by atoms with Crippen molar-refractivity contribution in [1.29, 1.82) is 0 Å². The van der Waals surface area contributed by atoms with Crippen molar-refractivity contribution in [2.75, 3.05) is 9.80 Å². The Balaban J connectivity index is 1.39. The van der Waals surface area contributed by atoms with Gasteiger partial charge in [-0.25, -0.2) is 0 Å². The molecule has 3 heterocycles. The first-order valence-corrected chi connectivity index (χ1v) is 24.0. The van der Waals surface area contributed by atoms with Crippen LogP contribution in [0.2, 0.25) is 0 Å². The van der Waals surface area contributed by atoms with E-state index in [1.165, 1.54) is 113 Å². The summed E-state index contributed by atoms with van der Waals surface area (Å²) in [5.74, 6) is 0. The van der Waals surface area contributed by atoms with Gasteiger partial charge in [0, 0.05) is 33.1 Å². The van der Waals surface area contributed by atoms with Gasteiger partial charge < -0.3 is 9.80 Å². The number of nitrogens with zero attached hydrogens (tertiary/aromatic N) is 2. The molecule has 0 fully saturated rings. The summed E-state index contributed by atoms with van der Waals surface area (Å²) in [5, 5.41) is 2.73. The number of hydrogen-bond donors (Lipinski definition) is 0. The number of aryl methyl sites for hydroxylation is 1. The molecule has 2 nitrogen and oxygen atoms in total. The second-order valence-electron chi connectivity index (χ2n) is 24.0. The predicted molar refractivity (Wildman–Crippen MR) is 269 cm³/mol. The molecule has 61 heavy (non-hydrogen) atoms. The molecule has 4 aliphatic rings. The third-order valence-corrected chi connectivity index (χ3v) is 17.0. The van der Waals surface area contributed by atoms with E-state index in [2.05, 4.69) is 199 Å². The van der Waals surface area contributed by atoms with Crippen molar-refractivity contribution in [3.05, 3.63) is 124 Å². The lowest BCUT2D eigenvalue weighted by Crippen LogP contribution is -2.62. The van der Waals surface area contributed by atoms with E-state index in [1.54, 1.807) is 5.56 Å². The summed E-state index contributed by atoms with van der Waals surface area (Å²) in [6.07, 6.45) is 4.75. The highest BCUT2D eigenvalue weighted by atomic mass is 32.1. The van der Waals surface area contributed by atoms with Crippen LogP contribution in [0.25, 0.3) is 10.1 Å². The Labute approximate surface area is 371 Å². The van der Waals surface area contributed by atoms with E-state index < -0.39 is 0 Å². The summed E-state index contributed by atoms with van der Waals surface area (Å²) in [7, 11) is 0. The first-order valence-electron chi connectivity index (χ1n) is 23.1. The highest BCUT2D eigenvalue weighted by Gasteiger charge is 2.50. The van der Waals surface area contributed by atoms with Crippen molar-refractivity contribution in [3.8, 4) is 0 Å². The monoisotopic (exact) mass is 823 g/mol. The van der Waals surface area contributed by atoms with Gasteiger partial charge in [-0.1, -0.05) is 145 Å². The minimum atomic E-state index is -0.0799. The van der Waals surface area contributed by atoms with Crippen LogP contribution in [-0.4, -0.2) is 6.71 Å². The predicted octanol–water partition coefficient (Wildman–Crippen LogP) is 14.6. The zero-order valence-electron chi connectivity index (χ0n) is 39.8. The van der Waals surface area contributed by atoms with E-state index in [0.717, 1.165) is 6.42 Å². The molecule has 0 atom stereocenters. The number of benzene rings is 5. The van der Waals surface area contributed by atoms with Crippen LogP contribution in [0.4, 0.5) is 33.4 Å². The van der Waals surface area contributed by atoms with Crippen molar-refractivity contribution in [1.82, 2.24) is 0 Å². The topological polar surface area (TPSA) is 6.48 Å². The third kappa shape index (κ3) is 6.00. The van der Waals surface area contributed by atoms with Crippen LogP contribution in [-0.2, 0) is 32.5 Å². The molecular weight excluding hydrogens is 756 g/mol. The van der Waals surface area contributed by atoms with Crippen LogP contribution >= 0.6 is 11.3 Å². The van der Waals surface area contributed by atoms with E-state index in [-0.39, 0.29) is 39.2 Å². The van der Waals surface area contributed by atoms with E-state index in [4.69, 9.17) is 0 Å². The van der Waals surface area contributed by atoms with Gasteiger partial charge in [0.25, 0.3) is 6.71 Å². The Kier molecular flexibility index (Phi) is 8.63. The number of rotatable bonds is 2. The van der Waals surface area contributed by atoms with Crippen LogP contribution < -0.4 is 26.2 Å². The average Bonchev–Trinajstić information content (AvgIpc) is 3.56. The molecule has 2 aliphatic carbocycles. The van der Waals surface area contributed by atoms with E-state index in [1.807, 2.05) is 11.3 Å². The molecule has 314 valence electrons. The molecule has 10 rings (SSSR count). The molecule has 0 saturated heterocycles. The summed E-state index contributed by atoms with van der Waals surface area (Å²) >= 11 is 1.97. The molecule has 0 radical (unpaired) electrons. The standard InChI is InChI=1S/C57H67BN2S/c1-34-30-40-41(56(12,13)27-26-55(40,10)11)33-43(34)60-45-32-36(53(5,6)7)31-44-49(45)58(42-25-24-39-47(50(42)60)57(14,15)29-28-54(39,8)9)48-38-18-16-17-19-46(38)61-51(48)59(44)37-22-20-35(21-23-37)52(2,3)4/h16-25,30-33H,26-29H2,1-15H3. The summed E-state index contributed by atoms with van der Waals surface area (Å²) in [6, 6.07) is 34.3. The van der Waals surface area contributed by atoms with Crippen LogP contribution in [0, 0.1) is 6.92 Å². The average molecular weight is 823 g/mol.